The maximum absolute atomic E-state index is 12.8. The largest absolute Gasteiger partial charge is 0.508 e. The van der Waals surface area contributed by atoms with Crippen molar-refractivity contribution in [1.82, 2.24) is 35.5 Å². The number of imidazole rings is 1. The lowest BCUT2D eigenvalue weighted by Gasteiger charge is -2.25. The maximum atomic E-state index is 12.8. The number of likely N-dealkylation sites (N-methyl/N-ethyl adjacent to an activating group) is 1. The van der Waals surface area contributed by atoms with Crippen molar-refractivity contribution >= 4 is 85.7 Å². The number of carboxylic acid groups (broad SMARTS) is 1. The van der Waals surface area contributed by atoms with E-state index in [2.05, 4.69) is 36.6 Å². The number of carboxylic acids is 1. The summed E-state index contributed by atoms with van der Waals surface area (Å²) in [5, 5.41) is 72.1. The van der Waals surface area contributed by atoms with Gasteiger partial charge in [-0.3, -0.25) is 9.59 Å². The van der Waals surface area contributed by atoms with Gasteiger partial charge in [-0.05, 0) is 51.4 Å². The number of carbonyl (C=O) groups excluding carboxylic acids is 3. The summed E-state index contributed by atoms with van der Waals surface area (Å²) in [5.74, 6) is -1.59. The van der Waals surface area contributed by atoms with Gasteiger partial charge in [-0.25, -0.2) is 14.6 Å². The molecule has 2 amide bonds. The highest BCUT2D eigenvalue weighted by atomic mass is 35.5. The van der Waals surface area contributed by atoms with Gasteiger partial charge in [0.1, 0.15) is 37.6 Å². The number of aliphatic hydroxyl groups excluding tert-OH is 5. The Morgan fingerprint density at radius 2 is 1.69 bits per heavy atom. The van der Waals surface area contributed by atoms with Crippen LogP contribution < -0.4 is 26.6 Å². The zero-order valence-corrected chi connectivity index (χ0v) is 36.7. The first-order valence-electron chi connectivity index (χ1n) is 19.3. The van der Waals surface area contributed by atoms with Crippen LogP contribution in [0.15, 0.2) is 30.6 Å². The molecule has 61 heavy (non-hydrogen) atoms. The first-order valence-corrected chi connectivity index (χ1v) is 22.2. The summed E-state index contributed by atoms with van der Waals surface area (Å²) in [6.45, 7) is 6.47. The van der Waals surface area contributed by atoms with Gasteiger partial charge in [0.2, 0.25) is 17.8 Å². The third-order valence-electron chi connectivity index (χ3n) is 9.04. The fourth-order valence-electron chi connectivity index (χ4n) is 5.37. The second kappa shape index (κ2) is 25.7. The van der Waals surface area contributed by atoms with Crippen LogP contribution in [0.1, 0.15) is 46.6 Å². The number of carbonyl (C=O) groups is 4. The van der Waals surface area contributed by atoms with E-state index in [1.807, 2.05) is 44.4 Å². The highest BCUT2D eigenvalue weighted by molar-refractivity contribution is 8.76. The first-order chi connectivity index (χ1) is 28.9. The van der Waals surface area contributed by atoms with Gasteiger partial charge in [0.15, 0.2) is 17.0 Å². The molecule has 11 N–H and O–H groups in total. The van der Waals surface area contributed by atoms with Crippen molar-refractivity contribution in [3.8, 4) is 0 Å². The molecule has 21 nitrogen and oxygen atoms in total. The van der Waals surface area contributed by atoms with Gasteiger partial charge in [-0.15, -0.1) is 0 Å². The number of amides is 2. The average Bonchev–Trinajstić information content (AvgIpc) is 3.66. The summed E-state index contributed by atoms with van der Waals surface area (Å²) in [7, 11) is 3.81. The van der Waals surface area contributed by atoms with Crippen LogP contribution in [-0.2, 0) is 23.9 Å². The van der Waals surface area contributed by atoms with Crippen LogP contribution in [0.3, 0.4) is 0 Å². The lowest BCUT2D eigenvalue weighted by atomic mass is 10.0. The Balaban J connectivity index is 1.42. The van der Waals surface area contributed by atoms with E-state index in [1.54, 1.807) is 18.5 Å². The fourth-order valence-corrected chi connectivity index (χ4v) is 7.54. The van der Waals surface area contributed by atoms with Gasteiger partial charge in [0.05, 0.1) is 31.1 Å². The molecule has 1 aromatic carbocycles. The normalized spacial score (nSPS) is 15.0. The summed E-state index contributed by atoms with van der Waals surface area (Å²) in [6.07, 6.45) is -6.53. The summed E-state index contributed by atoms with van der Waals surface area (Å²) < 4.78 is 12.5. The van der Waals surface area contributed by atoms with Crippen molar-refractivity contribution in [3.05, 3.63) is 35.6 Å². The number of anilines is 3. The number of rotatable bonds is 27. The Morgan fingerprint density at radius 1 is 0.967 bits per heavy atom. The van der Waals surface area contributed by atoms with Crippen LogP contribution in [0.25, 0.3) is 11.2 Å². The van der Waals surface area contributed by atoms with Gasteiger partial charge in [-0.1, -0.05) is 53.1 Å². The number of ether oxygens (including phenoxy) is 2. The lowest BCUT2D eigenvalue weighted by molar-refractivity contribution is -0.141. The van der Waals surface area contributed by atoms with Crippen molar-refractivity contribution in [2.24, 2.45) is 5.92 Å². The number of halogens is 1. The van der Waals surface area contributed by atoms with Crippen molar-refractivity contribution in [2.75, 3.05) is 55.6 Å². The highest BCUT2D eigenvalue weighted by Gasteiger charge is 2.31. The topological polar surface area (TPSA) is 312 Å². The molecule has 340 valence electrons. The number of benzene rings is 1. The zero-order chi connectivity index (χ0) is 45.2. The van der Waals surface area contributed by atoms with Crippen LogP contribution >= 0.6 is 33.2 Å². The highest BCUT2D eigenvalue weighted by Crippen LogP contribution is 2.28. The summed E-state index contributed by atoms with van der Waals surface area (Å²) in [6, 6.07) is 4.62. The summed E-state index contributed by atoms with van der Waals surface area (Å²) >= 11 is 6.20. The van der Waals surface area contributed by atoms with Crippen LogP contribution in [0.4, 0.5) is 22.2 Å². The minimum absolute atomic E-state index is 0.0212. The molecule has 2 aromatic heterocycles. The smallest absolute Gasteiger partial charge is 0.480 e. The van der Waals surface area contributed by atoms with E-state index >= 15 is 0 Å². The average molecular weight is 918 g/mol. The number of fused-ring (bicyclic) bond motifs is 1. The number of aromatic nitrogens is 4. The van der Waals surface area contributed by atoms with Gasteiger partial charge >= 0.3 is 12.1 Å². The molecule has 0 saturated carbocycles. The minimum Gasteiger partial charge on any atom is -0.480 e. The third kappa shape index (κ3) is 16.5. The number of nitrogens with zero attached hydrogens (tertiary/aromatic N) is 4. The van der Waals surface area contributed by atoms with Gasteiger partial charge in [-0.2, -0.15) is 9.97 Å². The molecule has 3 rings (SSSR count). The predicted octanol–water partition coefficient (Wildman–Crippen LogP) is 1.27. The molecular weight excluding hydrogens is 862 g/mol. The van der Waals surface area contributed by atoms with Crippen LogP contribution in [0.2, 0.25) is 5.02 Å². The summed E-state index contributed by atoms with van der Waals surface area (Å²) in [5.41, 5.74) is 1.88. The summed E-state index contributed by atoms with van der Waals surface area (Å²) in [4.78, 5) is 63.5. The molecular formula is C37H56ClN9O12S2. The lowest BCUT2D eigenvalue weighted by Crippen LogP contribution is -2.51. The maximum Gasteiger partial charge on any atom is 0.508 e. The molecule has 0 radical (unpaired) electrons. The molecule has 0 unspecified atom stereocenters. The monoisotopic (exact) mass is 917 g/mol. The fraction of sp³-hybridized carbons (Fsp3) is 0.595. The predicted molar refractivity (Wildman–Crippen MR) is 231 cm³/mol. The molecule has 2 heterocycles. The zero-order valence-electron chi connectivity index (χ0n) is 34.4. The van der Waals surface area contributed by atoms with Gasteiger partial charge in [0, 0.05) is 41.2 Å². The van der Waals surface area contributed by atoms with E-state index in [9.17, 15) is 44.7 Å². The van der Waals surface area contributed by atoms with Gasteiger partial charge < -0.3 is 71.3 Å². The Labute approximate surface area is 365 Å². The van der Waals surface area contributed by atoms with Crippen molar-refractivity contribution in [2.45, 2.75) is 89.1 Å². The molecule has 24 heteroatoms. The number of hydrogen-bond donors (Lipinski definition) is 11. The van der Waals surface area contributed by atoms with Crippen molar-refractivity contribution < 1.29 is 59.3 Å². The van der Waals surface area contributed by atoms with Crippen molar-refractivity contribution in [3.63, 3.8) is 0 Å². The standard InChI is InChI=1S/C37H56ClN9O12S2/c1-19(2)24(44-36-45-32(42-22-8-6-7-21(38)13-22)29-33(46-36)47(18-41-29)20(3)4)16-59-37(57)58-11-12-60-61-17-25(35(55)56)43-34(54)23(39-5)9-10-28(51)40-14-26(49)30(52)31(53)27(50)15-48/h6-8,13,18-20,23-27,30-31,39,48-50,52-53H,9-12,14-17H2,1-5H3,(H,40,51)(H,43,54)(H,55,56)(H2,42,44,45,46)/t23-,24-,25-,26-,27+,30+,31+/m0/s1. The van der Waals surface area contributed by atoms with Crippen LogP contribution in [-0.4, -0.2) is 162 Å². The second-order valence-corrected chi connectivity index (χ2v) is 17.4. The van der Waals surface area contributed by atoms with E-state index in [4.69, 9.17) is 31.2 Å². The van der Waals surface area contributed by atoms with Crippen LogP contribution in [0.5, 0.6) is 0 Å². The van der Waals surface area contributed by atoms with E-state index in [-0.39, 0.29) is 55.5 Å². The van der Waals surface area contributed by atoms with Gasteiger partial charge in [0.25, 0.3) is 0 Å². The van der Waals surface area contributed by atoms with E-state index < -0.39 is 79.6 Å². The Kier molecular flexibility index (Phi) is 21.5. The number of aliphatic carboxylic acids is 1. The minimum atomic E-state index is -1.85. The molecule has 7 atom stereocenters. The Hall–Kier alpha value is -4.20. The number of aliphatic hydroxyl groups is 5. The van der Waals surface area contributed by atoms with Crippen molar-refractivity contribution in [1.29, 1.82) is 0 Å². The molecule has 3 aromatic rings. The molecule has 0 saturated heterocycles. The molecule has 0 fully saturated rings. The molecule has 0 aliphatic rings. The third-order valence-corrected chi connectivity index (χ3v) is 11.7. The molecule has 0 bridgehead atoms. The quantitative estimate of drug-likeness (QED) is 0.0291. The Morgan fingerprint density at radius 3 is 2.33 bits per heavy atom. The number of hydrogen-bond acceptors (Lipinski definition) is 19. The first kappa shape index (κ1) is 51.2. The number of nitrogens with one attached hydrogen (secondary N) is 5. The molecule has 0 aliphatic carbocycles. The van der Waals surface area contributed by atoms with Crippen LogP contribution in [0, 0.1) is 5.92 Å². The van der Waals surface area contributed by atoms with E-state index in [0.29, 0.717) is 27.7 Å². The Bertz CT molecular complexity index is 1880. The SMILES string of the molecule is CN[C@@H](CCC(=O)NC[C@H](O)[C@@H](O)[C@H](O)[C@H](O)CO)C(=O)N[C@@H](CSSCCOC(=O)OC[C@H](Nc1nc(Nc2cccc(Cl)c2)c2ncn(C(C)C)c2n1)C(C)C)C(=O)O. The molecule has 0 spiro atoms. The van der Waals surface area contributed by atoms with E-state index in [0.717, 1.165) is 10.8 Å². The second-order valence-electron chi connectivity index (χ2n) is 14.3. The van der Waals surface area contributed by atoms with E-state index in [1.165, 1.54) is 17.8 Å². The molecule has 0 aliphatic heterocycles.